The van der Waals surface area contributed by atoms with E-state index < -0.39 is 46.7 Å². The number of amides is 2. The maximum atomic E-state index is 13.6. The number of carbonyl (C=O) groups is 4. The SMILES string of the molecule is C=CCOC(=O)[C@H]1N(C(=O)[C@@H](O)[C@H](Cc2ccccc2)NC(=O)c2cccc(OC(C)=O)c2C)CSC1(C)C. The highest BCUT2D eigenvalue weighted by Gasteiger charge is 2.50. The van der Waals surface area contributed by atoms with E-state index in [1.54, 1.807) is 25.1 Å². The Labute approximate surface area is 232 Å². The van der Waals surface area contributed by atoms with E-state index in [2.05, 4.69) is 11.9 Å². The van der Waals surface area contributed by atoms with Crippen LogP contribution in [0.15, 0.2) is 61.2 Å². The first kappa shape index (κ1) is 29.9. The standard InChI is InChI=1S/C29H34N2O7S/c1-6-15-37-28(36)25-29(4,5)39-17-31(25)27(35)24(33)22(16-20-11-8-7-9-12-20)30-26(34)21-13-10-14-23(18(21)2)38-19(3)32/h6-14,22,24-25,33H,1,15-17H2,2-5H3,(H,30,34)/t22-,24-,25+/m0/s1. The van der Waals surface area contributed by atoms with Gasteiger partial charge in [0, 0.05) is 22.8 Å². The molecule has 3 rings (SSSR count). The van der Waals surface area contributed by atoms with Crippen LogP contribution in [0.4, 0.5) is 0 Å². The van der Waals surface area contributed by atoms with Crippen LogP contribution >= 0.6 is 11.8 Å². The van der Waals surface area contributed by atoms with Gasteiger partial charge in [-0.2, -0.15) is 0 Å². The maximum absolute atomic E-state index is 13.6. The second-order valence-corrected chi connectivity index (χ2v) is 11.3. The normalized spacial score (nSPS) is 17.6. The highest BCUT2D eigenvalue weighted by atomic mass is 32.2. The van der Waals surface area contributed by atoms with Gasteiger partial charge in [0.25, 0.3) is 11.8 Å². The molecule has 0 unspecified atom stereocenters. The van der Waals surface area contributed by atoms with E-state index in [-0.39, 0.29) is 30.2 Å². The summed E-state index contributed by atoms with van der Waals surface area (Å²) >= 11 is 1.40. The first-order valence-electron chi connectivity index (χ1n) is 12.5. The zero-order chi connectivity index (χ0) is 28.7. The topological polar surface area (TPSA) is 122 Å². The first-order valence-corrected chi connectivity index (χ1v) is 13.5. The number of esters is 2. The Hall–Kier alpha value is -3.63. The Morgan fingerprint density at radius 1 is 1.18 bits per heavy atom. The smallest absolute Gasteiger partial charge is 0.330 e. The summed E-state index contributed by atoms with van der Waals surface area (Å²) in [6.45, 7) is 10.1. The Morgan fingerprint density at radius 3 is 2.51 bits per heavy atom. The van der Waals surface area contributed by atoms with Crippen LogP contribution in [0.5, 0.6) is 5.75 Å². The van der Waals surface area contributed by atoms with Crippen molar-refractivity contribution in [1.82, 2.24) is 10.2 Å². The van der Waals surface area contributed by atoms with Gasteiger partial charge < -0.3 is 24.8 Å². The van der Waals surface area contributed by atoms with Gasteiger partial charge >= 0.3 is 11.9 Å². The number of rotatable bonds is 10. The number of hydrogen-bond donors (Lipinski definition) is 2. The van der Waals surface area contributed by atoms with Crippen molar-refractivity contribution >= 4 is 35.5 Å². The Bertz CT molecular complexity index is 1230. The van der Waals surface area contributed by atoms with E-state index in [4.69, 9.17) is 9.47 Å². The largest absolute Gasteiger partial charge is 0.460 e. The van der Waals surface area contributed by atoms with Gasteiger partial charge in [-0.05, 0) is 44.9 Å². The molecule has 0 spiro atoms. The van der Waals surface area contributed by atoms with Crippen LogP contribution in [0.1, 0.15) is 42.3 Å². The molecule has 1 aliphatic heterocycles. The van der Waals surface area contributed by atoms with Crippen LogP contribution in [-0.2, 0) is 25.5 Å². The molecule has 0 saturated carbocycles. The van der Waals surface area contributed by atoms with Crippen molar-refractivity contribution in [3.63, 3.8) is 0 Å². The quantitative estimate of drug-likeness (QED) is 0.261. The molecule has 10 heteroatoms. The van der Waals surface area contributed by atoms with Crippen molar-refractivity contribution in [2.24, 2.45) is 0 Å². The third-order valence-corrected chi connectivity index (χ3v) is 7.80. The third kappa shape index (κ3) is 7.27. The Balaban J connectivity index is 1.89. The average molecular weight is 555 g/mol. The number of ether oxygens (including phenoxy) is 2. The zero-order valence-corrected chi connectivity index (χ0v) is 23.3. The van der Waals surface area contributed by atoms with Crippen LogP contribution in [0, 0.1) is 6.92 Å². The summed E-state index contributed by atoms with van der Waals surface area (Å²) in [5, 5.41) is 14.1. The van der Waals surface area contributed by atoms with Gasteiger partial charge in [0.2, 0.25) is 0 Å². The van der Waals surface area contributed by atoms with Crippen molar-refractivity contribution < 1.29 is 33.8 Å². The van der Waals surface area contributed by atoms with Crippen molar-refractivity contribution in [2.75, 3.05) is 12.5 Å². The number of hydrogen-bond acceptors (Lipinski definition) is 8. The molecule has 1 fully saturated rings. The fraction of sp³-hybridized carbons (Fsp3) is 0.379. The molecule has 208 valence electrons. The lowest BCUT2D eigenvalue weighted by atomic mass is 9.97. The molecule has 1 aliphatic rings. The van der Waals surface area contributed by atoms with E-state index >= 15 is 0 Å². The molecule has 39 heavy (non-hydrogen) atoms. The van der Waals surface area contributed by atoms with Gasteiger partial charge in [0.15, 0.2) is 6.10 Å². The Kier molecular flexibility index (Phi) is 9.93. The van der Waals surface area contributed by atoms with E-state index in [9.17, 15) is 24.3 Å². The molecule has 2 aromatic carbocycles. The molecule has 2 amide bonds. The molecule has 3 atom stereocenters. The van der Waals surface area contributed by atoms with Crippen LogP contribution < -0.4 is 10.1 Å². The number of benzene rings is 2. The maximum Gasteiger partial charge on any atom is 0.330 e. The van der Waals surface area contributed by atoms with Gasteiger partial charge in [-0.1, -0.05) is 49.1 Å². The number of aliphatic hydroxyl groups excluding tert-OH is 1. The fourth-order valence-electron chi connectivity index (χ4n) is 4.41. The molecular weight excluding hydrogens is 520 g/mol. The van der Waals surface area contributed by atoms with Gasteiger partial charge in [0.05, 0.1) is 11.9 Å². The lowest BCUT2D eigenvalue weighted by Crippen LogP contribution is -2.57. The molecule has 0 aromatic heterocycles. The average Bonchev–Trinajstić information content (AvgIpc) is 3.22. The highest BCUT2D eigenvalue weighted by Crippen LogP contribution is 2.40. The fourth-order valence-corrected chi connectivity index (χ4v) is 5.54. The Morgan fingerprint density at radius 2 is 1.87 bits per heavy atom. The lowest BCUT2D eigenvalue weighted by molar-refractivity contribution is -0.157. The number of nitrogens with one attached hydrogen (secondary N) is 1. The van der Waals surface area contributed by atoms with E-state index in [0.29, 0.717) is 5.56 Å². The monoisotopic (exact) mass is 554 g/mol. The molecule has 2 N–H and O–H groups in total. The molecule has 1 heterocycles. The minimum absolute atomic E-state index is 0.000882. The number of aliphatic hydroxyl groups is 1. The molecule has 9 nitrogen and oxygen atoms in total. The third-order valence-electron chi connectivity index (χ3n) is 6.43. The molecule has 1 saturated heterocycles. The summed E-state index contributed by atoms with van der Waals surface area (Å²) in [6.07, 6.45) is -0.0639. The second-order valence-electron chi connectivity index (χ2n) is 9.74. The second kappa shape index (κ2) is 12.9. The van der Waals surface area contributed by atoms with Crippen molar-refractivity contribution in [1.29, 1.82) is 0 Å². The van der Waals surface area contributed by atoms with Gasteiger partial charge in [-0.25, -0.2) is 4.79 Å². The van der Waals surface area contributed by atoms with Gasteiger partial charge in [-0.15, -0.1) is 11.8 Å². The number of carbonyl (C=O) groups excluding carboxylic acids is 4. The summed E-state index contributed by atoms with van der Waals surface area (Å²) < 4.78 is 9.79. The van der Waals surface area contributed by atoms with Crippen LogP contribution in [-0.4, -0.2) is 69.2 Å². The first-order chi connectivity index (χ1) is 18.5. The van der Waals surface area contributed by atoms with Crippen molar-refractivity contribution in [2.45, 2.75) is 57.1 Å². The number of thioether (sulfide) groups is 1. The molecular formula is C29H34N2O7S. The highest BCUT2D eigenvalue weighted by molar-refractivity contribution is 8.00. The molecule has 0 aliphatic carbocycles. The van der Waals surface area contributed by atoms with Crippen LogP contribution in [0.25, 0.3) is 0 Å². The van der Waals surface area contributed by atoms with E-state index in [0.717, 1.165) is 5.56 Å². The number of nitrogens with zero attached hydrogens (tertiary/aromatic N) is 1. The van der Waals surface area contributed by atoms with Crippen molar-refractivity contribution in [3.05, 3.63) is 77.9 Å². The molecule has 0 bridgehead atoms. The predicted octanol–water partition coefficient (Wildman–Crippen LogP) is 3.03. The minimum Gasteiger partial charge on any atom is -0.460 e. The minimum atomic E-state index is -1.66. The molecule has 2 aromatic rings. The summed E-state index contributed by atoms with van der Waals surface area (Å²) in [5.74, 6) is -1.94. The van der Waals surface area contributed by atoms with E-state index in [1.807, 2.05) is 44.2 Å². The van der Waals surface area contributed by atoms with Crippen LogP contribution in [0.2, 0.25) is 0 Å². The lowest BCUT2D eigenvalue weighted by Gasteiger charge is -2.32. The summed E-state index contributed by atoms with van der Waals surface area (Å²) in [7, 11) is 0. The molecule has 0 radical (unpaired) electrons. The summed E-state index contributed by atoms with van der Waals surface area (Å²) in [6, 6.07) is 11.9. The van der Waals surface area contributed by atoms with Crippen molar-refractivity contribution in [3.8, 4) is 5.75 Å². The van der Waals surface area contributed by atoms with Crippen LogP contribution in [0.3, 0.4) is 0 Å². The summed E-state index contributed by atoms with van der Waals surface area (Å²) in [4.78, 5) is 52.6. The van der Waals surface area contributed by atoms with E-state index in [1.165, 1.54) is 29.7 Å². The van der Waals surface area contributed by atoms with Gasteiger partial charge in [0.1, 0.15) is 18.4 Å². The predicted molar refractivity (Wildman–Crippen MR) is 148 cm³/mol. The zero-order valence-electron chi connectivity index (χ0n) is 22.5. The summed E-state index contributed by atoms with van der Waals surface area (Å²) in [5.41, 5.74) is 1.46. The van der Waals surface area contributed by atoms with Gasteiger partial charge in [-0.3, -0.25) is 14.4 Å².